The van der Waals surface area contributed by atoms with Gasteiger partial charge in [-0.15, -0.1) is 0 Å². The normalized spacial score (nSPS) is 16.7. The van der Waals surface area contributed by atoms with E-state index < -0.39 is 0 Å². The van der Waals surface area contributed by atoms with Crippen LogP contribution < -0.4 is 4.90 Å². The van der Waals surface area contributed by atoms with Gasteiger partial charge in [-0.25, -0.2) is 0 Å². The zero-order valence-electron chi connectivity index (χ0n) is 20.6. The summed E-state index contributed by atoms with van der Waals surface area (Å²) in [6.07, 6.45) is 0.721. The molecule has 0 radical (unpaired) electrons. The maximum Gasteiger partial charge on any atom is 0.274 e. The predicted molar refractivity (Wildman–Crippen MR) is 136 cm³/mol. The first kappa shape index (κ1) is 23.1. The Hall–Kier alpha value is -3.61. The van der Waals surface area contributed by atoms with Gasteiger partial charge in [0.15, 0.2) is 5.69 Å². The highest BCUT2D eigenvalue weighted by molar-refractivity contribution is 5.94. The molecule has 0 saturated carbocycles. The van der Waals surface area contributed by atoms with Crippen molar-refractivity contribution in [3.63, 3.8) is 0 Å². The lowest BCUT2D eigenvalue weighted by atomic mass is 9.97. The largest absolute Gasteiger partial charge is 0.368 e. The zero-order chi connectivity index (χ0) is 24.4. The van der Waals surface area contributed by atoms with Gasteiger partial charge in [0.1, 0.15) is 0 Å². The fraction of sp³-hybridized carbons (Fsp3) is 0.393. The van der Waals surface area contributed by atoms with Crippen LogP contribution in [0.1, 0.15) is 47.1 Å². The topological polar surface area (TPSA) is 61.7 Å². The van der Waals surface area contributed by atoms with Crippen molar-refractivity contribution >= 4 is 17.5 Å². The Morgan fingerprint density at radius 3 is 2.20 bits per heavy atom. The second-order valence-electron chi connectivity index (χ2n) is 9.35. The predicted octanol–water partition coefficient (Wildman–Crippen LogP) is 3.55. The first-order valence-corrected chi connectivity index (χ1v) is 12.6. The standard InChI is InChI=1S/C28H33N5O2/c1-3-33-25-14-15-32(27(34)21(2)22-10-6-4-7-11-22)20-24(25)26(29-33)28(35)31-18-16-30(17-19-31)23-12-8-5-9-13-23/h4-13,21H,3,14-20H2,1-2H3. The van der Waals surface area contributed by atoms with Crippen LogP contribution in [0.4, 0.5) is 5.69 Å². The van der Waals surface area contributed by atoms with Crippen LogP contribution in [0, 0.1) is 0 Å². The molecule has 0 N–H and O–H groups in total. The molecule has 7 nitrogen and oxygen atoms in total. The molecule has 3 heterocycles. The fourth-order valence-corrected chi connectivity index (χ4v) is 5.23. The number of carbonyl (C=O) groups is 2. The Bertz CT molecular complexity index is 1180. The summed E-state index contributed by atoms with van der Waals surface area (Å²) in [6, 6.07) is 20.2. The summed E-state index contributed by atoms with van der Waals surface area (Å²) < 4.78 is 1.95. The number of fused-ring (bicyclic) bond motifs is 1. The summed E-state index contributed by atoms with van der Waals surface area (Å²) in [6.45, 7) is 8.73. The van der Waals surface area contributed by atoms with Crippen molar-refractivity contribution in [3.8, 4) is 0 Å². The average Bonchev–Trinajstić information content (AvgIpc) is 3.31. The minimum Gasteiger partial charge on any atom is -0.368 e. The van der Waals surface area contributed by atoms with Gasteiger partial charge in [-0.05, 0) is 31.5 Å². The highest BCUT2D eigenvalue weighted by Crippen LogP contribution is 2.27. The Balaban J connectivity index is 1.32. The van der Waals surface area contributed by atoms with Crippen molar-refractivity contribution in [2.45, 2.75) is 39.3 Å². The smallest absolute Gasteiger partial charge is 0.274 e. The van der Waals surface area contributed by atoms with Crippen LogP contribution in [0.15, 0.2) is 60.7 Å². The summed E-state index contributed by atoms with van der Waals surface area (Å²) in [7, 11) is 0. The summed E-state index contributed by atoms with van der Waals surface area (Å²) in [5.41, 5.74) is 4.73. The quantitative estimate of drug-likeness (QED) is 0.571. The molecule has 0 spiro atoms. The molecule has 0 aliphatic carbocycles. The number of benzene rings is 2. The van der Waals surface area contributed by atoms with Crippen molar-refractivity contribution in [1.82, 2.24) is 19.6 Å². The molecule has 1 atom stereocenters. The van der Waals surface area contributed by atoms with Gasteiger partial charge in [-0.1, -0.05) is 48.5 Å². The number of hydrogen-bond acceptors (Lipinski definition) is 4. The van der Waals surface area contributed by atoms with Crippen molar-refractivity contribution in [2.24, 2.45) is 0 Å². The number of piperazine rings is 1. The summed E-state index contributed by atoms with van der Waals surface area (Å²) in [5.74, 6) is -0.142. The van der Waals surface area contributed by atoms with Gasteiger partial charge in [-0.3, -0.25) is 14.3 Å². The van der Waals surface area contributed by atoms with Gasteiger partial charge in [-0.2, -0.15) is 5.10 Å². The Labute approximate surface area is 206 Å². The SMILES string of the molecule is CCn1nc(C(=O)N2CCN(c3ccccc3)CC2)c2c1CCN(C(=O)C(C)c1ccccc1)C2. The molecule has 1 unspecified atom stereocenters. The van der Waals surface area contributed by atoms with Crippen LogP contribution in [-0.2, 0) is 24.3 Å². The van der Waals surface area contributed by atoms with E-state index in [9.17, 15) is 9.59 Å². The Morgan fingerprint density at radius 1 is 0.886 bits per heavy atom. The van der Waals surface area contributed by atoms with E-state index in [-0.39, 0.29) is 17.7 Å². The Morgan fingerprint density at radius 2 is 1.54 bits per heavy atom. The minimum atomic E-state index is -0.218. The van der Waals surface area contributed by atoms with E-state index in [0.717, 1.165) is 36.3 Å². The van der Waals surface area contributed by atoms with E-state index in [4.69, 9.17) is 5.10 Å². The molecule has 2 aliphatic rings. The number of aromatic nitrogens is 2. The first-order valence-electron chi connectivity index (χ1n) is 12.6. The van der Waals surface area contributed by atoms with Crippen molar-refractivity contribution in [1.29, 1.82) is 0 Å². The molecule has 2 aromatic carbocycles. The molecular weight excluding hydrogens is 438 g/mol. The summed E-state index contributed by atoms with van der Waals surface area (Å²) in [5, 5.41) is 4.73. The maximum atomic E-state index is 13.6. The average molecular weight is 472 g/mol. The summed E-state index contributed by atoms with van der Waals surface area (Å²) in [4.78, 5) is 33.1. The zero-order valence-corrected chi connectivity index (χ0v) is 20.6. The number of aryl methyl sites for hydroxylation is 1. The van der Waals surface area contributed by atoms with E-state index in [1.807, 2.05) is 69.9 Å². The number of carbonyl (C=O) groups excluding carboxylic acids is 2. The molecule has 7 heteroatoms. The minimum absolute atomic E-state index is 0.0217. The third-order valence-corrected chi connectivity index (χ3v) is 7.31. The number of nitrogens with zero attached hydrogens (tertiary/aromatic N) is 5. The molecule has 3 aromatic rings. The molecule has 2 aliphatic heterocycles. The van der Waals surface area contributed by atoms with Gasteiger partial charge in [0.25, 0.3) is 5.91 Å². The van der Waals surface area contributed by atoms with Crippen LogP contribution in [0.3, 0.4) is 0 Å². The number of amides is 2. The van der Waals surface area contributed by atoms with Gasteiger partial charge in [0.05, 0.1) is 5.92 Å². The molecule has 0 bridgehead atoms. The van der Waals surface area contributed by atoms with Crippen LogP contribution in [0.25, 0.3) is 0 Å². The van der Waals surface area contributed by atoms with Gasteiger partial charge < -0.3 is 14.7 Å². The van der Waals surface area contributed by atoms with Gasteiger partial charge >= 0.3 is 0 Å². The molecular formula is C28H33N5O2. The highest BCUT2D eigenvalue weighted by Gasteiger charge is 2.34. The lowest BCUT2D eigenvalue weighted by Gasteiger charge is -2.36. The lowest BCUT2D eigenvalue weighted by Crippen LogP contribution is -2.49. The van der Waals surface area contributed by atoms with Crippen LogP contribution >= 0.6 is 0 Å². The van der Waals surface area contributed by atoms with E-state index in [1.54, 1.807) is 0 Å². The van der Waals surface area contributed by atoms with Crippen molar-refractivity contribution in [3.05, 3.63) is 83.2 Å². The number of para-hydroxylation sites is 1. The number of rotatable bonds is 5. The molecule has 2 amide bonds. The molecule has 1 saturated heterocycles. The van der Waals surface area contributed by atoms with Crippen molar-refractivity contribution in [2.75, 3.05) is 37.6 Å². The van der Waals surface area contributed by atoms with Gasteiger partial charge in [0.2, 0.25) is 5.91 Å². The Kier molecular flexibility index (Phi) is 6.57. The second kappa shape index (κ2) is 9.94. The summed E-state index contributed by atoms with van der Waals surface area (Å²) >= 11 is 0. The molecule has 1 aromatic heterocycles. The molecule has 182 valence electrons. The third-order valence-electron chi connectivity index (χ3n) is 7.31. The van der Waals surface area contributed by atoms with Crippen LogP contribution in [0.5, 0.6) is 0 Å². The van der Waals surface area contributed by atoms with Crippen LogP contribution in [-0.4, -0.2) is 64.1 Å². The molecule has 1 fully saturated rings. The maximum absolute atomic E-state index is 13.6. The third kappa shape index (κ3) is 4.55. The van der Waals surface area contributed by atoms with E-state index >= 15 is 0 Å². The van der Waals surface area contributed by atoms with Crippen molar-refractivity contribution < 1.29 is 9.59 Å². The van der Waals surface area contributed by atoms with E-state index in [2.05, 4.69) is 24.0 Å². The van der Waals surface area contributed by atoms with E-state index in [1.165, 1.54) is 5.69 Å². The first-order chi connectivity index (χ1) is 17.1. The monoisotopic (exact) mass is 471 g/mol. The lowest BCUT2D eigenvalue weighted by molar-refractivity contribution is -0.133. The number of hydrogen-bond donors (Lipinski definition) is 0. The highest BCUT2D eigenvalue weighted by atomic mass is 16.2. The van der Waals surface area contributed by atoms with E-state index in [0.29, 0.717) is 38.4 Å². The van der Waals surface area contributed by atoms with Crippen LogP contribution in [0.2, 0.25) is 0 Å². The molecule has 5 rings (SSSR count). The van der Waals surface area contributed by atoms with Gasteiger partial charge in [0, 0.05) is 69.2 Å². The number of anilines is 1. The second-order valence-corrected chi connectivity index (χ2v) is 9.35. The molecule has 35 heavy (non-hydrogen) atoms. The fourth-order valence-electron chi connectivity index (χ4n) is 5.23.